The zero-order valence-electron chi connectivity index (χ0n) is 21.2. The summed E-state index contributed by atoms with van der Waals surface area (Å²) in [5, 5.41) is 0. The molecule has 0 aliphatic carbocycles. The topological polar surface area (TPSA) is 131 Å². The van der Waals surface area contributed by atoms with Gasteiger partial charge in [-0.05, 0) is 13.3 Å². The van der Waals surface area contributed by atoms with Crippen molar-refractivity contribution in [2.75, 3.05) is 54.9 Å². The van der Waals surface area contributed by atoms with Crippen LogP contribution < -0.4 is 15.5 Å². The third-order valence-electron chi connectivity index (χ3n) is 7.30. The van der Waals surface area contributed by atoms with Gasteiger partial charge in [-0.25, -0.2) is 15.0 Å². The average molecular weight is 495 g/mol. The van der Waals surface area contributed by atoms with Gasteiger partial charge in [0.1, 0.15) is 11.6 Å². The molecular weight excluding hydrogens is 460 g/mol. The molecule has 0 saturated carbocycles. The molecule has 5 heterocycles. The zero-order valence-corrected chi connectivity index (χ0v) is 21.2. The number of hydrogen-bond acceptors (Lipinski definition) is 10. The minimum absolute atomic E-state index is 0.0354. The summed E-state index contributed by atoms with van der Waals surface area (Å²) >= 11 is 0. The quantitative estimate of drug-likeness (QED) is 0.601. The average Bonchev–Trinajstić information content (AvgIpc) is 3.25. The highest BCUT2D eigenvalue weighted by molar-refractivity contribution is 5.86. The van der Waals surface area contributed by atoms with Crippen molar-refractivity contribution in [1.29, 1.82) is 0 Å². The fourth-order valence-corrected chi connectivity index (χ4v) is 5.01. The van der Waals surface area contributed by atoms with Crippen LogP contribution in [0, 0.1) is 5.92 Å². The van der Waals surface area contributed by atoms with Gasteiger partial charge in [-0.1, -0.05) is 13.8 Å². The Kier molecular flexibility index (Phi) is 6.74. The molecule has 0 aromatic carbocycles. The predicted octanol–water partition coefficient (Wildman–Crippen LogP) is 1.32. The number of anilines is 3. The minimum Gasteiger partial charge on any atom is -0.377 e. The molecule has 0 unspecified atom stereocenters. The predicted molar refractivity (Wildman–Crippen MR) is 136 cm³/mol. The van der Waals surface area contributed by atoms with Crippen molar-refractivity contribution in [1.82, 2.24) is 24.8 Å². The fraction of sp³-hybridized carbons (Fsp3) is 0.600. The smallest absolute Gasteiger partial charge is 0.228 e. The molecule has 192 valence electrons. The molecule has 11 nitrogen and oxygen atoms in total. The lowest BCUT2D eigenvalue weighted by molar-refractivity contribution is -0.137. The third kappa shape index (κ3) is 4.71. The molecule has 2 N–H and O–H groups in total. The zero-order chi connectivity index (χ0) is 25.4. The Morgan fingerprint density at radius 2 is 1.86 bits per heavy atom. The number of nitrogen functional groups attached to an aromatic ring is 1. The normalized spacial score (nSPS) is 20.0. The molecule has 0 spiro atoms. The van der Waals surface area contributed by atoms with E-state index in [2.05, 4.69) is 26.7 Å². The molecule has 2 fully saturated rings. The van der Waals surface area contributed by atoms with Crippen LogP contribution >= 0.6 is 0 Å². The number of carbonyl (C=O) groups is 2. The Hall–Kier alpha value is -3.34. The van der Waals surface area contributed by atoms with E-state index in [1.165, 1.54) is 0 Å². The van der Waals surface area contributed by atoms with E-state index in [1.54, 1.807) is 12.4 Å². The summed E-state index contributed by atoms with van der Waals surface area (Å²) in [6, 6.07) is 0.351. The molecular formula is C25H34N8O3. The lowest BCUT2D eigenvalue weighted by Crippen LogP contribution is -2.61. The van der Waals surface area contributed by atoms with Crippen molar-refractivity contribution < 1.29 is 14.3 Å². The van der Waals surface area contributed by atoms with E-state index in [1.807, 2.05) is 18.7 Å². The summed E-state index contributed by atoms with van der Waals surface area (Å²) in [4.78, 5) is 49.2. The first kappa shape index (κ1) is 24.4. The number of carbonyl (C=O) groups excluding carboxylic acids is 2. The molecule has 3 aliphatic heterocycles. The van der Waals surface area contributed by atoms with Crippen LogP contribution in [0.1, 0.15) is 39.2 Å². The Morgan fingerprint density at radius 3 is 2.56 bits per heavy atom. The monoisotopic (exact) mass is 494 g/mol. The number of fused-ring (bicyclic) bond motifs is 1. The Balaban J connectivity index is 1.37. The van der Waals surface area contributed by atoms with Gasteiger partial charge in [0.15, 0.2) is 0 Å². The van der Waals surface area contributed by atoms with Crippen LogP contribution in [0.15, 0.2) is 12.4 Å². The number of aromatic nitrogens is 4. The van der Waals surface area contributed by atoms with Crippen molar-refractivity contribution in [3.63, 3.8) is 0 Å². The summed E-state index contributed by atoms with van der Waals surface area (Å²) in [5.74, 6) is 1.95. The maximum Gasteiger partial charge on any atom is 0.228 e. The second-order valence-electron chi connectivity index (χ2n) is 10.1. The first-order chi connectivity index (χ1) is 17.3. The molecule has 11 heteroatoms. The summed E-state index contributed by atoms with van der Waals surface area (Å²) in [6.07, 6.45) is 4.82. The van der Waals surface area contributed by atoms with Crippen molar-refractivity contribution in [3.05, 3.63) is 18.0 Å². The standard InChI is InChI=1S/C25H34N8O3/c1-15(2)20(34)4-5-21(35)31-12-18(13-31)33-7-6-19-22(17-10-27-24(26)28-11-17)29-25(30-23(19)33)32-8-9-36-14-16(32)3/h10-11,15-16,18H,4-9,12-14H2,1-3H3,(H2,26,27,28)/t16-/m0/s1. The second-order valence-corrected chi connectivity index (χ2v) is 10.1. The lowest BCUT2D eigenvalue weighted by Gasteiger charge is -2.45. The third-order valence-corrected chi connectivity index (χ3v) is 7.30. The first-order valence-corrected chi connectivity index (χ1v) is 12.7. The highest BCUT2D eigenvalue weighted by Crippen LogP contribution is 2.38. The van der Waals surface area contributed by atoms with Gasteiger partial charge in [-0.3, -0.25) is 9.59 Å². The van der Waals surface area contributed by atoms with Gasteiger partial charge in [0, 0.05) is 68.5 Å². The number of amides is 1. The number of Topliss-reactive ketones (excluding diaryl/α,β-unsaturated/α-hetero) is 1. The molecule has 1 amide bonds. The van der Waals surface area contributed by atoms with E-state index in [-0.39, 0.29) is 42.1 Å². The molecule has 36 heavy (non-hydrogen) atoms. The van der Waals surface area contributed by atoms with Crippen LogP contribution in [0.4, 0.5) is 17.7 Å². The molecule has 2 saturated heterocycles. The van der Waals surface area contributed by atoms with Crippen LogP contribution in [0.2, 0.25) is 0 Å². The minimum atomic E-state index is -0.0354. The van der Waals surface area contributed by atoms with Crippen molar-refractivity contribution in [2.24, 2.45) is 5.92 Å². The number of morpholine rings is 1. The highest BCUT2D eigenvalue weighted by atomic mass is 16.5. The number of hydrogen-bond donors (Lipinski definition) is 1. The van der Waals surface area contributed by atoms with Gasteiger partial charge in [-0.2, -0.15) is 4.98 Å². The van der Waals surface area contributed by atoms with E-state index in [0.29, 0.717) is 38.7 Å². The Morgan fingerprint density at radius 1 is 1.11 bits per heavy atom. The number of ether oxygens (including phenoxy) is 1. The number of ketones is 1. The molecule has 2 aromatic rings. The van der Waals surface area contributed by atoms with Gasteiger partial charge >= 0.3 is 0 Å². The molecule has 0 bridgehead atoms. The maximum atomic E-state index is 12.6. The van der Waals surface area contributed by atoms with Crippen LogP contribution in [0.25, 0.3) is 11.3 Å². The lowest BCUT2D eigenvalue weighted by atomic mass is 10.0. The van der Waals surface area contributed by atoms with Gasteiger partial charge in [0.2, 0.25) is 17.8 Å². The second kappa shape index (κ2) is 9.96. The maximum absolute atomic E-state index is 12.6. The van der Waals surface area contributed by atoms with E-state index in [9.17, 15) is 9.59 Å². The van der Waals surface area contributed by atoms with Crippen LogP contribution in [-0.2, 0) is 20.7 Å². The number of likely N-dealkylation sites (tertiary alicyclic amines) is 1. The van der Waals surface area contributed by atoms with Crippen molar-refractivity contribution in [3.8, 4) is 11.3 Å². The summed E-state index contributed by atoms with van der Waals surface area (Å²) in [6.45, 7) is 9.93. The molecule has 3 aliphatic rings. The number of nitrogens with two attached hydrogens (primary N) is 1. The van der Waals surface area contributed by atoms with Gasteiger partial charge in [-0.15, -0.1) is 0 Å². The largest absolute Gasteiger partial charge is 0.377 e. The van der Waals surface area contributed by atoms with Crippen LogP contribution in [-0.4, -0.2) is 88.0 Å². The first-order valence-electron chi connectivity index (χ1n) is 12.7. The highest BCUT2D eigenvalue weighted by Gasteiger charge is 2.40. The number of rotatable bonds is 7. The molecule has 0 radical (unpaired) electrons. The Labute approximate surface area is 211 Å². The molecule has 5 rings (SSSR count). The number of nitrogens with zero attached hydrogens (tertiary/aromatic N) is 7. The summed E-state index contributed by atoms with van der Waals surface area (Å²) in [5.41, 5.74) is 8.44. The van der Waals surface area contributed by atoms with E-state index in [4.69, 9.17) is 20.4 Å². The SMILES string of the molecule is CC(C)C(=O)CCC(=O)N1CC(N2CCc3c(-c4cnc(N)nc4)nc(N4CCOC[C@@H]4C)nc32)C1. The fourth-order valence-electron chi connectivity index (χ4n) is 5.01. The summed E-state index contributed by atoms with van der Waals surface area (Å²) in [7, 11) is 0. The Bertz CT molecular complexity index is 1130. The van der Waals surface area contributed by atoms with Crippen molar-refractivity contribution in [2.45, 2.75) is 52.1 Å². The molecule has 1 atom stereocenters. The van der Waals surface area contributed by atoms with Crippen LogP contribution in [0.5, 0.6) is 0 Å². The molecule has 2 aromatic heterocycles. The van der Waals surface area contributed by atoms with Gasteiger partial charge in [0.05, 0.1) is 31.0 Å². The van der Waals surface area contributed by atoms with Gasteiger partial charge in [0.25, 0.3) is 0 Å². The van der Waals surface area contributed by atoms with E-state index < -0.39 is 0 Å². The van der Waals surface area contributed by atoms with Crippen molar-refractivity contribution >= 4 is 29.4 Å². The summed E-state index contributed by atoms with van der Waals surface area (Å²) < 4.78 is 5.62. The van der Waals surface area contributed by atoms with Crippen LogP contribution in [0.3, 0.4) is 0 Å². The van der Waals surface area contributed by atoms with Gasteiger partial charge < -0.3 is 25.2 Å². The van der Waals surface area contributed by atoms with E-state index in [0.717, 1.165) is 42.1 Å². The van der Waals surface area contributed by atoms with E-state index >= 15 is 0 Å².